The van der Waals surface area contributed by atoms with E-state index in [1.807, 2.05) is 12.1 Å². The number of hydrogen-bond acceptors (Lipinski definition) is 4. The zero-order valence-electron chi connectivity index (χ0n) is 14.1. The van der Waals surface area contributed by atoms with Gasteiger partial charge in [-0.05, 0) is 38.3 Å². The second-order valence-electron chi connectivity index (χ2n) is 6.15. The van der Waals surface area contributed by atoms with Gasteiger partial charge in [0, 0.05) is 25.8 Å². The quantitative estimate of drug-likeness (QED) is 0.718. The summed E-state index contributed by atoms with van der Waals surface area (Å²) in [6, 6.07) is 3.74. The number of pyridine rings is 1. The molecule has 0 saturated heterocycles. The van der Waals surface area contributed by atoms with Gasteiger partial charge in [0.25, 0.3) is 0 Å². The molecule has 0 atom stereocenters. The van der Waals surface area contributed by atoms with E-state index in [4.69, 9.17) is 0 Å². The first-order chi connectivity index (χ1) is 11.1. The second kappa shape index (κ2) is 8.15. The van der Waals surface area contributed by atoms with Crippen molar-refractivity contribution in [1.82, 2.24) is 15.6 Å². The van der Waals surface area contributed by atoms with Crippen LogP contribution in [0.5, 0.6) is 0 Å². The Morgan fingerprint density at radius 1 is 1.30 bits per heavy atom. The van der Waals surface area contributed by atoms with Crippen LogP contribution in [0.3, 0.4) is 0 Å². The van der Waals surface area contributed by atoms with E-state index >= 15 is 0 Å². The Balaban J connectivity index is 1.84. The Morgan fingerprint density at radius 3 is 2.52 bits per heavy atom. The number of anilines is 1. The Bertz CT molecular complexity index is 494. The van der Waals surface area contributed by atoms with Crippen LogP contribution in [0.2, 0.25) is 0 Å². The van der Waals surface area contributed by atoms with E-state index in [1.165, 1.54) is 0 Å². The standard InChI is InChI=1S/C17H28N4O2/c1-3-21(4-2)15-8-7-14(11-18-15)12-19-16(23)20-17(13-22)9-5-6-10-17/h7-8,11,22H,3-6,9-10,12-13H2,1-2H3,(H2,19,20,23). The van der Waals surface area contributed by atoms with E-state index in [0.717, 1.165) is 50.2 Å². The molecule has 6 heteroatoms. The minimum atomic E-state index is -0.436. The molecule has 0 unspecified atom stereocenters. The molecule has 0 bridgehead atoms. The molecule has 1 aliphatic carbocycles. The first-order valence-corrected chi connectivity index (χ1v) is 8.49. The average molecular weight is 320 g/mol. The number of aliphatic hydroxyl groups is 1. The average Bonchev–Trinajstić information content (AvgIpc) is 3.04. The van der Waals surface area contributed by atoms with E-state index in [0.29, 0.717) is 6.54 Å². The van der Waals surface area contributed by atoms with Crippen LogP contribution in [-0.2, 0) is 6.54 Å². The lowest BCUT2D eigenvalue weighted by atomic mass is 9.99. The molecule has 3 N–H and O–H groups in total. The SMILES string of the molecule is CCN(CC)c1ccc(CNC(=O)NC2(CO)CCCC2)cn1. The van der Waals surface area contributed by atoms with E-state index in [-0.39, 0.29) is 12.6 Å². The predicted octanol–water partition coefficient (Wildman–Crippen LogP) is 2.03. The second-order valence-corrected chi connectivity index (χ2v) is 6.15. The van der Waals surface area contributed by atoms with Gasteiger partial charge in [-0.1, -0.05) is 18.9 Å². The van der Waals surface area contributed by atoms with Gasteiger partial charge in [-0.25, -0.2) is 9.78 Å². The fourth-order valence-corrected chi connectivity index (χ4v) is 3.10. The summed E-state index contributed by atoms with van der Waals surface area (Å²) >= 11 is 0. The third-order valence-corrected chi connectivity index (χ3v) is 4.59. The fourth-order valence-electron chi connectivity index (χ4n) is 3.10. The zero-order chi connectivity index (χ0) is 16.7. The van der Waals surface area contributed by atoms with Gasteiger partial charge in [0.15, 0.2) is 0 Å². The maximum atomic E-state index is 12.0. The summed E-state index contributed by atoms with van der Waals surface area (Å²) in [6.45, 7) is 6.48. The normalized spacial score (nSPS) is 16.1. The van der Waals surface area contributed by atoms with E-state index in [2.05, 4.69) is 34.4 Å². The van der Waals surface area contributed by atoms with E-state index in [1.54, 1.807) is 6.20 Å². The van der Waals surface area contributed by atoms with Crippen LogP contribution >= 0.6 is 0 Å². The fraction of sp³-hybridized carbons (Fsp3) is 0.647. The molecular formula is C17H28N4O2. The number of nitrogens with one attached hydrogen (secondary N) is 2. The van der Waals surface area contributed by atoms with Crippen molar-refractivity contribution in [3.63, 3.8) is 0 Å². The minimum Gasteiger partial charge on any atom is -0.394 e. The molecule has 1 aromatic rings. The number of hydrogen-bond donors (Lipinski definition) is 3. The maximum absolute atomic E-state index is 12.0. The largest absolute Gasteiger partial charge is 0.394 e. The Hall–Kier alpha value is -1.82. The van der Waals surface area contributed by atoms with E-state index < -0.39 is 5.54 Å². The van der Waals surface area contributed by atoms with Crippen LogP contribution in [0.25, 0.3) is 0 Å². The number of urea groups is 1. The number of amides is 2. The van der Waals surface area contributed by atoms with Crippen molar-refractivity contribution in [1.29, 1.82) is 0 Å². The van der Waals surface area contributed by atoms with Crippen molar-refractivity contribution in [2.75, 3.05) is 24.6 Å². The monoisotopic (exact) mass is 320 g/mol. The summed E-state index contributed by atoms with van der Waals surface area (Å²) in [6.07, 6.45) is 5.59. The number of aromatic nitrogens is 1. The summed E-state index contributed by atoms with van der Waals surface area (Å²) in [4.78, 5) is 18.7. The van der Waals surface area contributed by atoms with Gasteiger partial charge in [-0.2, -0.15) is 0 Å². The maximum Gasteiger partial charge on any atom is 0.315 e. The van der Waals surface area contributed by atoms with Crippen molar-refractivity contribution in [2.45, 2.75) is 51.6 Å². The predicted molar refractivity (Wildman–Crippen MR) is 91.5 cm³/mol. The van der Waals surface area contributed by atoms with Crippen molar-refractivity contribution in [3.05, 3.63) is 23.9 Å². The number of carbonyl (C=O) groups is 1. The lowest BCUT2D eigenvalue weighted by Gasteiger charge is -2.28. The number of nitrogens with zero attached hydrogens (tertiary/aromatic N) is 2. The summed E-state index contributed by atoms with van der Waals surface area (Å²) in [5.74, 6) is 0.952. The summed E-state index contributed by atoms with van der Waals surface area (Å²) in [5, 5.41) is 15.3. The highest BCUT2D eigenvalue weighted by molar-refractivity contribution is 5.74. The molecule has 2 rings (SSSR count). The van der Waals surface area contributed by atoms with Gasteiger partial charge >= 0.3 is 6.03 Å². The lowest BCUT2D eigenvalue weighted by Crippen LogP contribution is -2.52. The molecule has 0 aromatic carbocycles. The smallest absolute Gasteiger partial charge is 0.315 e. The highest BCUT2D eigenvalue weighted by atomic mass is 16.3. The van der Waals surface area contributed by atoms with Crippen molar-refractivity contribution in [3.8, 4) is 0 Å². The minimum absolute atomic E-state index is 0.000538. The number of aliphatic hydroxyl groups excluding tert-OH is 1. The Morgan fingerprint density at radius 2 is 2.00 bits per heavy atom. The van der Waals surface area contributed by atoms with Crippen LogP contribution < -0.4 is 15.5 Å². The molecule has 0 radical (unpaired) electrons. The summed E-state index contributed by atoms with van der Waals surface area (Å²) < 4.78 is 0. The molecule has 0 spiro atoms. The van der Waals surface area contributed by atoms with Gasteiger partial charge in [0.1, 0.15) is 5.82 Å². The molecule has 23 heavy (non-hydrogen) atoms. The zero-order valence-corrected chi connectivity index (χ0v) is 14.1. The highest BCUT2D eigenvalue weighted by Gasteiger charge is 2.34. The van der Waals surface area contributed by atoms with Gasteiger partial charge in [-0.15, -0.1) is 0 Å². The summed E-state index contributed by atoms with van der Waals surface area (Å²) in [5.41, 5.74) is 0.523. The summed E-state index contributed by atoms with van der Waals surface area (Å²) in [7, 11) is 0. The van der Waals surface area contributed by atoms with Crippen LogP contribution in [0, 0.1) is 0 Å². The molecule has 1 aliphatic rings. The Kier molecular flexibility index (Phi) is 6.21. The van der Waals surface area contributed by atoms with Crippen molar-refractivity contribution >= 4 is 11.8 Å². The molecule has 2 amide bonds. The first-order valence-electron chi connectivity index (χ1n) is 8.49. The van der Waals surface area contributed by atoms with Gasteiger partial charge < -0.3 is 20.6 Å². The molecule has 0 aliphatic heterocycles. The molecular weight excluding hydrogens is 292 g/mol. The molecule has 6 nitrogen and oxygen atoms in total. The van der Waals surface area contributed by atoms with Gasteiger partial charge in [0.05, 0.1) is 12.1 Å². The van der Waals surface area contributed by atoms with Crippen LogP contribution in [0.1, 0.15) is 45.1 Å². The molecule has 128 valence electrons. The van der Waals surface area contributed by atoms with Gasteiger partial charge in [0.2, 0.25) is 0 Å². The third-order valence-electron chi connectivity index (χ3n) is 4.59. The number of carbonyl (C=O) groups excluding carboxylic acids is 1. The van der Waals surface area contributed by atoms with Crippen LogP contribution in [0.15, 0.2) is 18.3 Å². The molecule has 1 aromatic heterocycles. The Labute approximate surface area is 138 Å². The molecule has 1 heterocycles. The van der Waals surface area contributed by atoms with Crippen LogP contribution in [0.4, 0.5) is 10.6 Å². The molecule has 1 saturated carbocycles. The van der Waals surface area contributed by atoms with Gasteiger partial charge in [-0.3, -0.25) is 0 Å². The van der Waals surface area contributed by atoms with E-state index in [9.17, 15) is 9.90 Å². The lowest BCUT2D eigenvalue weighted by molar-refractivity contribution is 0.163. The third kappa shape index (κ3) is 4.58. The van der Waals surface area contributed by atoms with Crippen molar-refractivity contribution < 1.29 is 9.90 Å². The number of rotatable bonds is 7. The van der Waals surface area contributed by atoms with Crippen LogP contribution in [-0.4, -0.2) is 41.4 Å². The van der Waals surface area contributed by atoms with Crippen molar-refractivity contribution in [2.24, 2.45) is 0 Å². The highest BCUT2D eigenvalue weighted by Crippen LogP contribution is 2.28. The molecule has 1 fully saturated rings. The topological polar surface area (TPSA) is 77.5 Å². The first kappa shape index (κ1) is 17.5.